The summed E-state index contributed by atoms with van der Waals surface area (Å²) in [7, 11) is 0. The lowest BCUT2D eigenvalue weighted by atomic mass is 10.1. The number of carbonyl (C=O) groups excluding carboxylic acids is 1. The van der Waals surface area contributed by atoms with Gasteiger partial charge in [0.2, 0.25) is 0 Å². The van der Waals surface area contributed by atoms with Crippen LogP contribution in [0, 0.1) is 0 Å². The van der Waals surface area contributed by atoms with Crippen molar-refractivity contribution in [2.75, 3.05) is 10.6 Å². The standard InChI is InChI=1S/C16H10F8N2OS/c17-13(18)28-12-3-1-2-10(7-12)25-14(27)26-11-5-8(15(19,20)21)4-9(6-11)16(22,23)24/h1-7,13H,(H2,25,26,27). The average Bonchev–Trinajstić information content (AvgIpc) is 2.52. The molecule has 28 heavy (non-hydrogen) atoms. The van der Waals surface area contributed by atoms with Crippen molar-refractivity contribution >= 4 is 29.2 Å². The molecular weight excluding hydrogens is 420 g/mol. The highest BCUT2D eigenvalue weighted by atomic mass is 32.2. The lowest BCUT2D eigenvalue weighted by Crippen LogP contribution is -2.20. The second-order valence-corrected chi connectivity index (χ2v) is 6.34. The van der Waals surface area contributed by atoms with Crippen LogP contribution in [0.15, 0.2) is 47.4 Å². The first-order valence-corrected chi connectivity index (χ1v) is 8.15. The second-order valence-electron chi connectivity index (χ2n) is 5.28. The molecule has 0 aromatic heterocycles. The minimum Gasteiger partial charge on any atom is -0.308 e. The number of nitrogens with one attached hydrogen (secondary N) is 2. The quantitative estimate of drug-likeness (QED) is 0.420. The number of rotatable bonds is 4. The summed E-state index contributed by atoms with van der Waals surface area (Å²) in [5, 5.41) is 4.02. The molecule has 0 atom stereocenters. The Balaban J connectivity index is 2.21. The van der Waals surface area contributed by atoms with Gasteiger partial charge < -0.3 is 10.6 Å². The number of anilines is 2. The minimum absolute atomic E-state index is 0.0196. The molecule has 0 radical (unpaired) electrons. The highest BCUT2D eigenvalue weighted by Gasteiger charge is 2.37. The summed E-state index contributed by atoms with van der Waals surface area (Å²) in [6.45, 7) is 0. The highest BCUT2D eigenvalue weighted by Crippen LogP contribution is 2.37. The first-order chi connectivity index (χ1) is 12.8. The maximum Gasteiger partial charge on any atom is 0.416 e. The molecule has 2 aromatic carbocycles. The van der Waals surface area contributed by atoms with Crippen molar-refractivity contribution < 1.29 is 39.9 Å². The van der Waals surface area contributed by atoms with Crippen molar-refractivity contribution in [3.63, 3.8) is 0 Å². The van der Waals surface area contributed by atoms with Gasteiger partial charge in [-0.1, -0.05) is 17.8 Å². The van der Waals surface area contributed by atoms with E-state index in [0.29, 0.717) is 12.1 Å². The fourth-order valence-corrected chi connectivity index (χ4v) is 2.63. The number of thioether (sulfide) groups is 1. The zero-order chi connectivity index (χ0) is 21.1. The fourth-order valence-electron chi connectivity index (χ4n) is 2.07. The third kappa shape index (κ3) is 6.29. The number of benzene rings is 2. The molecule has 152 valence electrons. The molecule has 0 saturated carbocycles. The largest absolute Gasteiger partial charge is 0.416 e. The van der Waals surface area contributed by atoms with Gasteiger partial charge in [-0.3, -0.25) is 0 Å². The Labute approximate surface area is 157 Å². The number of hydrogen-bond donors (Lipinski definition) is 2. The van der Waals surface area contributed by atoms with Crippen molar-refractivity contribution in [2.45, 2.75) is 23.0 Å². The molecule has 2 amide bonds. The van der Waals surface area contributed by atoms with Crippen molar-refractivity contribution in [1.82, 2.24) is 0 Å². The number of amides is 2. The van der Waals surface area contributed by atoms with E-state index in [9.17, 15) is 39.9 Å². The van der Waals surface area contributed by atoms with Crippen LogP contribution in [-0.2, 0) is 12.4 Å². The molecule has 0 spiro atoms. The molecule has 2 N–H and O–H groups in total. The monoisotopic (exact) mass is 430 g/mol. The summed E-state index contributed by atoms with van der Waals surface area (Å²) in [6.07, 6.45) is -10.1. The molecular formula is C16H10F8N2OS. The molecule has 0 aliphatic carbocycles. The van der Waals surface area contributed by atoms with E-state index in [1.807, 2.05) is 5.32 Å². The minimum atomic E-state index is -5.06. The van der Waals surface area contributed by atoms with Gasteiger partial charge in [-0.25, -0.2) is 4.79 Å². The van der Waals surface area contributed by atoms with E-state index in [1.54, 1.807) is 0 Å². The maximum atomic E-state index is 12.8. The highest BCUT2D eigenvalue weighted by molar-refractivity contribution is 7.99. The van der Waals surface area contributed by atoms with Crippen molar-refractivity contribution in [2.24, 2.45) is 0 Å². The molecule has 0 bridgehead atoms. The zero-order valence-corrected chi connectivity index (χ0v) is 14.3. The van der Waals surface area contributed by atoms with Gasteiger partial charge in [0.05, 0.1) is 11.1 Å². The fraction of sp³-hybridized carbons (Fsp3) is 0.188. The molecule has 3 nitrogen and oxygen atoms in total. The van der Waals surface area contributed by atoms with E-state index in [0.717, 1.165) is 0 Å². The van der Waals surface area contributed by atoms with Crippen molar-refractivity contribution in [3.8, 4) is 0 Å². The number of halogens is 8. The van der Waals surface area contributed by atoms with Gasteiger partial charge in [-0.2, -0.15) is 35.1 Å². The summed E-state index contributed by atoms with van der Waals surface area (Å²) in [5.41, 5.74) is -3.90. The topological polar surface area (TPSA) is 41.1 Å². The molecule has 2 aromatic rings. The summed E-state index contributed by atoms with van der Waals surface area (Å²) >= 11 is 0.198. The summed E-state index contributed by atoms with van der Waals surface area (Å²) in [6, 6.07) is 4.62. The van der Waals surface area contributed by atoms with Crippen LogP contribution in [0.2, 0.25) is 0 Å². The zero-order valence-electron chi connectivity index (χ0n) is 13.5. The number of urea groups is 1. The van der Waals surface area contributed by atoms with Crippen LogP contribution in [0.4, 0.5) is 51.3 Å². The summed E-state index contributed by atoms with van der Waals surface area (Å²) < 4.78 is 102. The van der Waals surface area contributed by atoms with E-state index in [4.69, 9.17) is 0 Å². The van der Waals surface area contributed by atoms with Gasteiger partial charge in [0.25, 0.3) is 5.76 Å². The molecule has 0 aliphatic heterocycles. The predicted molar refractivity (Wildman–Crippen MR) is 87.4 cm³/mol. The van der Waals surface area contributed by atoms with Gasteiger partial charge in [0, 0.05) is 16.3 Å². The Morgan fingerprint density at radius 2 is 1.36 bits per heavy atom. The molecule has 12 heteroatoms. The third-order valence-electron chi connectivity index (χ3n) is 3.16. The van der Waals surface area contributed by atoms with Gasteiger partial charge in [0.15, 0.2) is 0 Å². The Hall–Kier alpha value is -2.50. The molecule has 2 rings (SSSR count). The van der Waals surface area contributed by atoms with E-state index >= 15 is 0 Å². The van der Waals surface area contributed by atoms with Gasteiger partial charge in [-0.15, -0.1) is 0 Å². The van der Waals surface area contributed by atoms with Crippen LogP contribution in [-0.4, -0.2) is 11.8 Å². The van der Waals surface area contributed by atoms with Gasteiger partial charge >= 0.3 is 18.4 Å². The first kappa shape index (κ1) is 21.8. The van der Waals surface area contributed by atoms with Crippen molar-refractivity contribution in [3.05, 3.63) is 53.6 Å². The Kier molecular flexibility index (Phi) is 6.42. The number of alkyl halides is 8. The van der Waals surface area contributed by atoms with Gasteiger partial charge in [0.1, 0.15) is 0 Å². The van der Waals surface area contributed by atoms with Crippen LogP contribution in [0.5, 0.6) is 0 Å². The van der Waals surface area contributed by atoms with E-state index in [-0.39, 0.29) is 28.4 Å². The molecule has 0 aliphatic rings. The molecule has 0 saturated heterocycles. The van der Waals surface area contributed by atoms with Crippen LogP contribution < -0.4 is 10.6 Å². The first-order valence-electron chi connectivity index (χ1n) is 7.27. The second kappa shape index (κ2) is 8.25. The summed E-state index contributed by atoms with van der Waals surface area (Å²) in [4.78, 5) is 12.0. The average molecular weight is 430 g/mol. The molecule has 0 unspecified atom stereocenters. The Morgan fingerprint density at radius 1 is 0.821 bits per heavy atom. The Morgan fingerprint density at radius 3 is 1.86 bits per heavy atom. The van der Waals surface area contributed by atoms with E-state index in [2.05, 4.69) is 5.32 Å². The molecule has 0 heterocycles. The normalized spacial score (nSPS) is 12.2. The lowest BCUT2D eigenvalue weighted by Gasteiger charge is -2.15. The SMILES string of the molecule is O=C(Nc1cccc(SC(F)F)c1)Nc1cc(C(F)(F)F)cc(C(F)(F)F)c1. The maximum absolute atomic E-state index is 12.8. The smallest absolute Gasteiger partial charge is 0.308 e. The van der Waals surface area contributed by atoms with Crippen LogP contribution in [0.25, 0.3) is 0 Å². The Bertz CT molecular complexity index is 819. The van der Waals surface area contributed by atoms with Crippen LogP contribution in [0.3, 0.4) is 0 Å². The van der Waals surface area contributed by atoms with E-state index < -0.39 is 41.0 Å². The van der Waals surface area contributed by atoms with Crippen LogP contribution >= 0.6 is 11.8 Å². The van der Waals surface area contributed by atoms with E-state index in [1.165, 1.54) is 24.3 Å². The van der Waals surface area contributed by atoms with Gasteiger partial charge in [-0.05, 0) is 36.4 Å². The van der Waals surface area contributed by atoms with Crippen LogP contribution in [0.1, 0.15) is 11.1 Å². The molecule has 0 fully saturated rings. The lowest BCUT2D eigenvalue weighted by molar-refractivity contribution is -0.143. The number of carbonyl (C=O) groups is 1. The van der Waals surface area contributed by atoms with Crippen molar-refractivity contribution in [1.29, 1.82) is 0 Å². The third-order valence-corrected chi connectivity index (χ3v) is 3.87. The predicted octanol–water partition coefficient (Wildman–Crippen LogP) is 6.68. The summed E-state index contributed by atoms with van der Waals surface area (Å²) in [5.74, 6) is -2.71. The number of hydrogen-bond acceptors (Lipinski definition) is 2.